The summed E-state index contributed by atoms with van der Waals surface area (Å²) < 4.78 is 10.6. The van der Waals surface area contributed by atoms with Gasteiger partial charge in [0.15, 0.2) is 0 Å². The highest BCUT2D eigenvalue weighted by molar-refractivity contribution is 5.36. The van der Waals surface area contributed by atoms with E-state index in [1.54, 1.807) is 7.11 Å². The standard InChI is InChI=1S/C12H17NO2/c1-14-6-7-15-11-8-9-4-2-3-5-10(9)12(11)13/h2-5,11-12H,6-8,13H2,1H3/t11-,12-/m0/s1. The highest BCUT2D eigenvalue weighted by Crippen LogP contribution is 2.31. The van der Waals surface area contributed by atoms with E-state index in [9.17, 15) is 0 Å². The molecule has 3 nitrogen and oxygen atoms in total. The van der Waals surface area contributed by atoms with E-state index in [1.165, 1.54) is 11.1 Å². The van der Waals surface area contributed by atoms with Gasteiger partial charge in [0.25, 0.3) is 0 Å². The molecular formula is C12H17NO2. The highest BCUT2D eigenvalue weighted by Gasteiger charge is 2.29. The molecule has 2 atom stereocenters. The third-order valence-electron chi connectivity index (χ3n) is 2.86. The van der Waals surface area contributed by atoms with E-state index in [-0.39, 0.29) is 12.1 Å². The molecule has 82 valence electrons. The van der Waals surface area contributed by atoms with Gasteiger partial charge in [0.1, 0.15) is 0 Å². The molecule has 1 aliphatic rings. The first-order valence-corrected chi connectivity index (χ1v) is 5.27. The van der Waals surface area contributed by atoms with Gasteiger partial charge in [-0.15, -0.1) is 0 Å². The normalized spacial score (nSPS) is 24.1. The van der Waals surface area contributed by atoms with Crippen LogP contribution in [0.5, 0.6) is 0 Å². The summed E-state index contributed by atoms with van der Waals surface area (Å²) in [4.78, 5) is 0. The number of rotatable bonds is 4. The van der Waals surface area contributed by atoms with Crippen molar-refractivity contribution in [3.63, 3.8) is 0 Å². The van der Waals surface area contributed by atoms with Crippen LogP contribution >= 0.6 is 0 Å². The zero-order valence-corrected chi connectivity index (χ0v) is 8.98. The van der Waals surface area contributed by atoms with Crippen LogP contribution in [0.1, 0.15) is 17.2 Å². The van der Waals surface area contributed by atoms with E-state index in [4.69, 9.17) is 15.2 Å². The van der Waals surface area contributed by atoms with Crippen molar-refractivity contribution in [3.05, 3.63) is 35.4 Å². The maximum atomic E-state index is 6.11. The Kier molecular flexibility index (Phi) is 3.36. The van der Waals surface area contributed by atoms with E-state index < -0.39 is 0 Å². The third-order valence-corrected chi connectivity index (χ3v) is 2.86. The summed E-state index contributed by atoms with van der Waals surface area (Å²) >= 11 is 0. The van der Waals surface area contributed by atoms with Crippen molar-refractivity contribution in [1.82, 2.24) is 0 Å². The minimum atomic E-state index is 0.0121. The Morgan fingerprint density at radius 1 is 1.33 bits per heavy atom. The van der Waals surface area contributed by atoms with E-state index in [0.717, 1.165) is 6.42 Å². The van der Waals surface area contributed by atoms with E-state index in [1.807, 2.05) is 12.1 Å². The highest BCUT2D eigenvalue weighted by atomic mass is 16.5. The monoisotopic (exact) mass is 207 g/mol. The Bertz CT molecular complexity index is 327. The third kappa shape index (κ3) is 2.20. The number of fused-ring (bicyclic) bond motifs is 1. The first-order chi connectivity index (χ1) is 7.33. The van der Waals surface area contributed by atoms with Crippen molar-refractivity contribution in [2.45, 2.75) is 18.6 Å². The number of hydrogen-bond acceptors (Lipinski definition) is 3. The molecule has 1 aromatic carbocycles. The van der Waals surface area contributed by atoms with E-state index in [2.05, 4.69) is 12.1 Å². The lowest BCUT2D eigenvalue weighted by molar-refractivity contribution is 0.0106. The van der Waals surface area contributed by atoms with E-state index in [0.29, 0.717) is 13.2 Å². The van der Waals surface area contributed by atoms with Gasteiger partial charge < -0.3 is 15.2 Å². The summed E-state index contributed by atoms with van der Waals surface area (Å²) in [5.41, 5.74) is 8.64. The van der Waals surface area contributed by atoms with Crippen molar-refractivity contribution >= 4 is 0 Å². The van der Waals surface area contributed by atoms with Crippen molar-refractivity contribution in [2.75, 3.05) is 20.3 Å². The predicted octanol–water partition coefficient (Wildman–Crippen LogP) is 1.27. The van der Waals surface area contributed by atoms with Crippen LogP contribution in [-0.4, -0.2) is 26.4 Å². The van der Waals surface area contributed by atoms with E-state index >= 15 is 0 Å². The maximum absolute atomic E-state index is 6.11. The average molecular weight is 207 g/mol. The largest absolute Gasteiger partial charge is 0.382 e. The fraction of sp³-hybridized carbons (Fsp3) is 0.500. The lowest BCUT2D eigenvalue weighted by Crippen LogP contribution is -2.26. The second-order valence-electron chi connectivity index (χ2n) is 3.83. The molecule has 2 N–H and O–H groups in total. The van der Waals surface area contributed by atoms with Crippen LogP contribution in [0.25, 0.3) is 0 Å². The Morgan fingerprint density at radius 3 is 2.87 bits per heavy atom. The number of methoxy groups -OCH3 is 1. The van der Waals surface area contributed by atoms with Gasteiger partial charge in [0.2, 0.25) is 0 Å². The molecule has 0 saturated heterocycles. The van der Waals surface area contributed by atoms with Crippen molar-refractivity contribution in [2.24, 2.45) is 5.73 Å². The van der Waals surface area contributed by atoms with Crippen LogP contribution in [0, 0.1) is 0 Å². The number of hydrogen-bond donors (Lipinski definition) is 1. The number of benzene rings is 1. The lowest BCUT2D eigenvalue weighted by atomic mass is 10.1. The molecule has 0 saturated carbocycles. The molecule has 1 aromatic rings. The molecule has 0 radical (unpaired) electrons. The molecule has 3 heteroatoms. The predicted molar refractivity (Wildman–Crippen MR) is 58.7 cm³/mol. The topological polar surface area (TPSA) is 44.5 Å². The zero-order valence-electron chi connectivity index (χ0n) is 8.98. The van der Waals surface area contributed by atoms with Gasteiger partial charge in [-0.05, 0) is 11.1 Å². The minimum Gasteiger partial charge on any atom is -0.382 e. The number of ether oxygens (including phenoxy) is 2. The Balaban J connectivity index is 1.97. The molecule has 2 rings (SSSR count). The molecule has 0 aliphatic heterocycles. The maximum Gasteiger partial charge on any atom is 0.0809 e. The van der Waals surface area contributed by atoms with Crippen molar-refractivity contribution in [1.29, 1.82) is 0 Å². The van der Waals surface area contributed by atoms with Crippen LogP contribution in [0.15, 0.2) is 24.3 Å². The Labute approximate surface area is 90.2 Å². The van der Waals surface area contributed by atoms with Gasteiger partial charge in [-0.2, -0.15) is 0 Å². The van der Waals surface area contributed by atoms with Gasteiger partial charge in [-0.1, -0.05) is 24.3 Å². The summed E-state index contributed by atoms with van der Waals surface area (Å²) in [7, 11) is 1.67. The number of nitrogens with two attached hydrogens (primary N) is 1. The fourth-order valence-corrected chi connectivity index (χ4v) is 2.03. The fourth-order valence-electron chi connectivity index (χ4n) is 2.03. The second-order valence-corrected chi connectivity index (χ2v) is 3.83. The molecule has 0 unspecified atom stereocenters. The lowest BCUT2D eigenvalue weighted by Gasteiger charge is -2.16. The SMILES string of the molecule is COCCO[C@H]1Cc2ccccc2[C@@H]1N. The quantitative estimate of drug-likeness (QED) is 0.756. The van der Waals surface area contributed by atoms with Gasteiger partial charge in [0, 0.05) is 13.5 Å². The van der Waals surface area contributed by atoms with Gasteiger partial charge in [-0.3, -0.25) is 0 Å². The molecule has 0 amide bonds. The molecule has 0 spiro atoms. The summed E-state index contributed by atoms with van der Waals surface area (Å²) in [6, 6.07) is 8.28. The second kappa shape index (κ2) is 4.75. The summed E-state index contributed by atoms with van der Waals surface area (Å²) in [5, 5.41) is 0. The van der Waals surface area contributed by atoms with Gasteiger partial charge in [-0.25, -0.2) is 0 Å². The molecule has 0 aromatic heterocycles. The van der Waals surface area contributed by atoms with Gasteiger partial charge in [0.05, 0.1) is 25.4 Å². The van der Waals surface area contributed by atoms with Crippen molar-refractivity contribution in [3.8, 4) is 0 Å². The summed E-state index contributed by atoms with van der Waals surface area (Å²) in [6.07, 6.45) is 1.03. The van der Waals surface area contributed by atoms with Crippen molar-refractivity contribution < 1.29 is 9.47 Å². The minimum absolute atomic E-state index is 0.0121. The molecule has 15 heavy (non-hydrogen) atoms. The average Bonchev–Trinajstić information content (AvgIpc) is 2.57. The van der Waals surface area contributed by atoms with Crippen LogP contribution in [0.4, 0.5) is 0 Å². The molecular weight excluding hydrogens is 190 g/mol. The molecule has 0 heterocycles. The molecule has 0 bridgehead atoms. The Morgan fingerprint density at radius 2 is 2.13 bits per heavy atom. The van der Waals surface area contributed by atoms with Crippen LogP contribution in [0.3, 0.4) is 0 Å². The molecule has 1 aliphatic carbocycles. The summed E-state index contributed by atoms with van der Waals surface area (Å²) in [6.45, 7) is 1.24. The Hall–Kier alpha value is -0.900. The van der Waals surface area contributed by atoms with Gasteiger partial charge >= 0.3 is 0 Å². The van der Waals surface area contributed by atoms with Crippen LogP contribution in [-0.2, 0) is 15.9 Å². The first kappa shape index (κ1) is 10.6. The first-order valence-electron chi connectivity index (χ1n) is 5.27. The molecule has 0 fully saturated rings. The zero-order chi connectivity index (χ0) is 10.7. The van der Waals surface area contributed by atoms with Crippen LogP contribution in [0.2, 0.25) is 0 Å². The summed E-state index contributed by atoms with van der Waals surface area (Å²) in [5.74, 6) is 0. The smallest absolute Gasteiger partial charge is 0.0809 e. The van der Waals surface area contributed by atoms with Crippen LogP contribution < -0.4 is 5.73 Å².